The largest absolute Gasteiger partial charge is 0.368 e. The number of hydrogen-bond donors (Lipinski definition) is 1. The van der Waals surface area contributed by atoms with E-state index in [1.165, 1.54) is 0 Å². The Morgan fingerprint density at radius 2 is 2.50 bits per heavy atom. The summed E-state index contributed by atoms with van der Waals surface area (Å²) in [5.41, 5.74) is 4.82. The van der Waals surface area contributed by atoms with Crippen molar-refractivity contribution in [1.29, 1.82) is 0 Å². The number of halogens is 1. The summed E-state index contributed by atoms with van der Waals surface area (Å²) in [7, 11) is 0. The van der Waals surface area contributed by atoms with Crippen molar-refractivity contribution in [1.82, 2.24) is 20.2 Å². The first-order valence-corrected chi connectivity index (χ1v) is 2.78. The highest BCUT2D eigenvalue weighted by molar-refractivity contribution is 6.28. The zero-order valence-electron chi connectivity index (χ0n) is 4.86. The molecule has 1 aromatic rings. The van der Waals surface area contributed by atoms with E-state index in [4.69, 9.17) is 17.3 Å². The number of carbonyl (C=O) groups is 1. The lowest BCUT2D eigenvalue weighted by Gasteiger charge is -1.88. The number of tetrazole rings is 1. The van der Waals surface area contributed by atoms with Gasteiger partial charge < -0.3 is 5.73 Å². The molecule has 0 saturated carbocycles. The van der Waals surface area contributed by atoms with Crippen LogP contribution in [-0.2, 0) is 11.3 Å². The fourth-order valence-corrected chi connectivity index (χ4v) is 0.551. The van der Waals surface area contributed by atoms with Crippen molar-refractivity contribution in [2.24, 2.45) is 5.73 Å². The Hall–Kier alpha value is -1.17. The zero-order chi connectivity index (χ0) is 7.56. The van der Waals surface area contributed by atoms with Crippen molar-refractivity contribution < 1.29 is 4.79 Å². The Morgan fingerprint density at radius 1 is 1.80 bits per heavy atom. The van der Waals surface area contributed by atoms with E-state index < -0.39 is 5.91 Å². The minimum atomic E-state index is -0.533. The Labute approximate surface area is 60.9 Å². The monoisotopic (exact) mass is 161 g/mol. The second kappa shape index (κ2) is 2.61. The Morgan fingerprint density at radius 3 is 2.90 bits per heavy atom. The van der Waals surface area contributed by atoms with Gasteiger partial charge in [0.15, 0.2) is 0 Å². The molecule has 1 heterocycles. The number of nitrogens with two attached hydrogens (primary N) is 1. The van der Waals surface area contributed by atoms with Crippen molar-refractivity contribution in [3.63, 3.8) is 0 Å². The normalized spacial score (nSPS) is 9.70. The summed E-state index contributed by atoms with van der Waals surface area (Å²) in [5, 5.41) is 10.2. The van der Waals surface area contributed by atoms with Gasteiger partial charge in [-0.1, -0.05) is 5.10 Å². The van der Waals surface area contributed by atoms with E-state index in [0.29, 0.717) is 0 Å². The van der Waals surface area contributed by atoms with Crippen molar-refractivity contribution in [2.75, 3.05) is 0 Å². The van der Waals surface area contributed by atoms with Gasteiger partial charge in [-0.15, -0.1) is 5.10 Å². The van der Waals surface area contributed by atoms with Gasteiger partial charge in [0.2, 0.25) is 5.91 Å². The third-order valence-electron chi connectivity index (χ3n) is 0.726. The molecule has 1 aromatic heterocycles. The maximum atomic E-state index is 10.2. The van der Waals surface area contributed by atoms with E-state index >= 15 is 0 Å². The first kappa shape index (κ1) is 6.94. The molecule has 6 nitrogen and oxygen atoms in total. The minimum Gasteiger partial charge on any atom is -0.368 e. The second-order valence-electron chi connectivity index (χ2n) is 1.56. The molecule has 0 fully saturated rings. The van der Waals surface area contributed by atoms with Gasteiger partial charge in [0.05, 0.1) is 0 Å². The Balaban J connectivity index is 2.67. The summed E-state index contributed by atoms with van der Waals surface area (Å²) in [6.45, 7) is -0.0975. The lowest BCUT2D eigenvalue weighted by Crippen LogP contribution is -2.20. The Kier molecular flexibility index (Phi) is 1.81. The third kappa shape index (κ3) is 1.66. The van der Waals surface area contributed by atoms with Gasteiger partial charge >= 0.3 is 0 Å². The molecule has 0 aliphatic carbocycles. The molecule has 1 rings (SSSR count). The van der Waals surface area contributed by atoms with Crippen LogP contribution < -0.4 is 5.73 Å². The van der Waals surface area contributed by atoms with Gasteiger partial charge in [0.1, 0.15) is 6.54 Å². The summed E-state index contributed by atoms with van der Waals surface area (Å²) in [6.07, 6.45) is 0. The van der Waals surface area contributed by atoms with Crippen LogP contribution in [0.4, 0.5) is 0 Å². The van der Waals surface area contributed by atoms with Crippen molar-refractivity contribution in [2.45, 2.75) is 6.54 Å². The maximum absolute atomic E-state index is 10.2. The zero-order valence-corrected chi connectivity index (χ0v) is 5.62. The van der Waals surface area contributed by atoms with Crippen LogP contribution in [0.25, 0.3) is 0 Å². The summed E-state index contributed by atoms with van der Waals surface area (Å²) < 4.78 is 0. The van der Waals surface area contributed by atoms with E-state index in [1.54, 1.807) is 0 Å². The molecule has 0 radical (unpaired) electrons. The predicted octanol–water partition coefficient (Wildman–Crippen LogP) is -1.19. The van der Waals surface area contributed by atoms with E-state index in [2.05, 4.69) is 15.4 Å². The fraction of sp³-hybridized carbons (Fsp3) is 0.333. The highest BCUT2D eigenvalue weighted by Crippen LogP contribution is 1.92. The van der Waals surface area contributed by atoms with Crippen LogP contribution in [0, 0.1) is 0 Å². The average Bonchev–Trinajstić information content (AvgIpc) is 2.13. The number of aromatic nitrogens is 4. The molecule has 0 unspecified atom stereocenters. The van der Waals surface area contributed by atoms with Crippen molar-refractivity contribution in [3.8, 4) is 0 Å². The topological polar surface area (TPSA) is 86.7 Å². The molecule has 0 aliphatic rings. The lowest BCUT2D eigenvalue weighted by atomic mass is 10.6. The van der Waals surface area contributed by atoms with E-state index in [9.17, 15) is 4.79 Å². The molecule has 0 atom stereocenters. The molecule has 10 heavy (non-hydrogen) atoms. The van der Waals surface area contributed by atoms with Crippen LogP contribution in [0.2, 0.25) is 5.28 Å². The molecule has 0 aromatic carbocycles. The molecule has 0 spiro atoms. The van der Waals surface area contributed by atoms with Crippen molar-refractivity contribution in [3.05, 3.63) is 5.28 Å². The quantitative estimate of drug-likeness (QED) is 0.591. The average molecular weight is 162 g/mol. The molecule has 7 heteroatoms. The molecule has 1 amide bonds. The number of rotatable bonds is 2. The van der Waals surface area contributed by atoms with Crippen LogP contribution in [0.3, 0.4) is 0 Å². The maximum Gasteiger partial charge on any atom is 0.264 e. The predicted molar refractivity (Wildman–Crippen MR) is 32.0 cm³/mol. The van der Waals surface area contributed by atoms with E-state index in [1.807, 2.05) is 0 Å². The van der Waals surface area contributed by atoms with E-state index in [-0.39, 0.29) is 11.8 Å². The van der Waals surface area contributed by atoms with Crippen LogP contribution in [-0.4, -0.2) is 26.1 Å². The number of carbonyl (C=O) groups excluding carboxylic acids is 1. The first-order valence-electron chi connectivity index (χ1n) is 2.40. The summed E-state index contributed by atoms with van der Waals surface area (Å²) in [5.74, 6) is -0.533. The molecule has 2 N–H and O–H groups in total. The fourth-order valence-electron chi connectivity index (χ4n) is 0.430. The molecule has 0 bridgehead atoms. The van der Waals surface area contributed by atoms with Crippen LogP contribution >= 0.6 is 11.6 Å². The minimum absolute atomic E-state index is 0.00116. The van der Waals surface area contributed by atoms with Crippen LogP contribution in [0.5, 0.6) is 0 Å². The number of amides is 1. The highest BCUT2D eigenvalue weighted by atomic mass is 35.5. The molecule has 54 valence electrons. The molecule has 0 aliphatic heterocycles. The molecule has 0 saturated heterocycles. The van der Waals surface area contributed by atoms with Gasteiger partial charge in [-0.3, -0.25) is 4.79 Å². The van der Waals surface area contributed by atoms with Gasteiger partial charge in [0.25, 0.3) is 5.28 Å². The molecular formula is C3H4ClN5O. The highest BCUT2D eigenvalue weighted by Gasteiger charge is 2.00. The van der Waals surface area contributed by atoms with Crippen LogP contribution in [0.15, 0.2) is 0 Å². The SMILES string of the molecule is NC(=O)Cn1nnc(Cl)n1. The Bertz CT molecular complexity index is 245. The third-order valence-corrected chi connectivity index (χ3v) is 0.877. The molecular weight excluding hydrogens is 158 g/mol. The standard InChI is InChI=1S/C3H4ClN5O/c4-3-6-8-9(7-3)1-2(5)10/h1H2,(H2,5,10). The summed E-state index contributed by atoms with van der Waals surface area (Å²) in [4.78, 5) is 11.2. The van der Waals surface area contributed by atoms with Gasteiger partial charge in [0, 0.05) is 0 Å². The number of nitrogens with zero attached hydrogens (tertiary/aromatic N) is 4. The first-order chi connectivity index (χ1) is 4.68. The van der Waals surface area contributed by atoms with E-state index in [0.717, 1.165) is 4.80 Å². The summed E-state index contributed by atoms with van der Waals surface area (Å²) in [6, 6.07) is 0. The number of primary amides is 1. The lowest BCUT2D eigenvalue weighted by molar-refractivity contribution is -0.118. The van der Waals surface area contributed by atoms with Crippen molar-refractivity contribution >= 4 is 17.5 Å². The van der Waals surface area contributed by atoms with Gasteiger partial charge in [-0.25, -0.2) is 0 Å². The number of hydrogen-bond acceptors (Lipinski definition) is 4. The van der Waals surface area contributed by atoms with Crippen LogP contribution in [0.1, 0.15) is 0 Å². The second-order valence-corrected chi connectivity index (χ2v) is 1.89. The van der Waals surface area contributed by atoms with Gasteiger partial charge in [-0.2, -0.15) is 4.80 Å². The smallest absolute Gasteiger partial charge is 0.264 e. The summed E-state index contributed by atoms with van der Waals surface area (Å²) >= 11 is 5.29. The van der Waals surface area contributed by atoms with Gasteiger partial charge in [-0.05, 0) is 16.8 Å².